The molecular formula is C13H15NO4S3. The molecule has 8 heteroatoms. The molecular weight excluding hydrogens is 330 g/mol. The van der Waals surface area contributed by atoms with Crippen LogP contribution in [0.1, 0.15) is 27.0 Å². The third-order valence-corrected chi connectivity index (χ3v) is 6.98. The van der Waals surface area contributed by atoms with Crippen molar-refractivity contribution in [2.45, 2.75) is 24.5 Å². The molecule has 0 bridgehead atoms. The molecule has 0 saturated heterocycles. The molecule has 0 aliphatic rings. The first kappa shape index (κ1) is 16.0. The number of methoxy groups -OCH3 is 1. The minimum absolute atomic E-state index is 0.237. The summed E-state index contributed by atoms with van der Waals surface area (Å²) in [4.78, 5) is 12.9. The number of carbonyl (C=O) groups excluding carboxylic acids is 1. The molecule has 2 aromatic rings. The topological polar surface area (TPSA) is 72.5 Å². The van der Waals surface area contributed by atoms with E-state index in [1.807, 2.05) is 6.92 Å². The molecule has 0 fully saturated rings. The van der Waals surface area contributed by atoms with Gasteiger partial charge in [-0.3, -0.25) is 4.72 Å². The van der Waals surface area contributed by atoms with Crippen LogP contribution in [0.25, 0.3) is 0 Å². The number of thiophene rings is 2. The molecule has 2 rings (SSSR count). The van der Waals surface area contributed by atoms with Crippen molar-refractivity contribution in [1.29, 1.82) is 0 Å². The molecule has 0 aliphatic heterocycles. The summed E-state index contributed by atoms with van der Waals surface area (Å²) in [5.74, 6) is -0.550. The van der Waals surface area contributed by atoms with Crippen LogP contribution in [0.2, 0.25) is 0 Å². The Morgan fingerprint density at radius 1 is 1.38 bits per heavy atom. The third-order valence-electron chi connectivity index (χ3n) is 2.83. The molecule has 0 atom stereocenters. The number of aryl methyl sites for hydroxylation is 2. The highest BCUT2D eigenvalue weighted by molar-refractivity contribution is 7.94. The number of sulfonamides is 1. The zero-order chi connectivity index (χ0) is 15.6. The third kappa shape index (κ3) is 3.28. The van der Waals surface area contributed by atoms with E-state index < -0.39 is 16.0 Å². The second-order valence-electron chi connectivity index (χ2n) is 4.29. The lowest BCUT2D eigenvalue weighted by atomic mass is 10.3. The second-order valence-corrected chi connectivity index (χ2v) is 8.25. The summed E-state index contributed by atoms with van der Waals surface area (Å²) in [6.07, 6.45) is 0.783. The molecule has 0 spiro atoms. The van der Waals surface area contributed by atoms with Crippen LogP contribution in [0.4, 0.5) is 5.69 Å². The van der Waals surface area contributed by atoms with Gasteiger partial charge in [0.15, 0.2) is 0 Å². The number of esters is 1. The number of rotatable bonds is 5. The molecule has 2 heterocycles. The average Bonchev–Trinajstić information content (AvgIpc) is 3.06. The van der Waals surface area contributed by atoms with Crippen LogP contribution in [0.5, 0.6) is 0 Å². The van der Waals surface area contributed by atoms with Gasteiger partial charge in [0.2, 0.25) is 0 Å². The summed E-state index contributed by atoms with van der Waals surface area (Å²) in [5.41, 5.74) is 0.981. The van der Waals surface area contributed by atoms with Gasteiger partial charge in [0.25, 0.3) is 10.0 Å². The molecule has 0 unspecified atom stereocenters. The van der Waals surface area contributed by atoms with Crippen molar-refractivity contribution in [3.63, 3.8) is 0 Å². The van der Waals surface area contributed by atoms with Crippen LogP contribution in [-0.4, -0.2) is 21.5 Å². The lowest BCUT2D eigenvalue weighted by Crippen LogP contribution is -2.14. The Morgan fingerprint density at radius 2 is 2.10 bits per heavy atom. The van der Waals surface area contributed by atoms with Gasteiger partial charge in [-0.05, 0) is 36.4 Å². The van der Waals surface area contributed by atoms with Gasteiger partial charge >= 0.3 is 5.97 Å². The normalized spacial score (nSPS) is 11.4. The zero-order valence-corrected chi connectivity index (χ0v) is 14.2. The van der Waals surface area contributed by atoms with Crippen LogP contribution in [0, 0.1) is 6.92 Å². The Bertz CT molecular complexity index is 758. The van der Waals surface area contributed by atoms with Gasteiger partial charge < -0.3 is 4.74 Å². The van der Waals surface area contributed by atoms with Crippen LogP contribution >= 0.6 is 22.7 Å². The van der Waals surface area contributed by atoms with Crippen LogP contribution in [-0.2, 0) is 21.2 Å². The minimum atomic E-state index is -3.69. The van der Waals surface area contributed by atoms with Crippen molar-refractivity contribution in [3.8, 4) is 0 Å². The number of hydrogen-bond acceptors (Lipinski definition) is 6. The van der Waals surface area contributed by atoms with Gasteiger partial charge in [-0.1, -0.05) is 6.92 Å². The number of carbonyl (C=O) groups is 1. The number of ether oxygens (including phenoxy) is 1. The Balaban J connectivity index is 2.37. The monoisotopic (exact) mass is 345 g/mol. The van der Waals surface area contributed by atoms with Crippen molar-refractivity contribution in [1.82, 2.24) is 0 Å². The lowest BCUT2D eigenvalue weighted by molar-refractivity contribution is 0.0607. The maximum atomic E-state index is 12.4. The maximum absolute atomic E-state index is 12.4. The predicted octanol–water partition coefficient (Wildman–Crippen LogP) is 3.27. The summed E-state index contributed by atoms with van der Waals surface area (Å²) in [5, 5.41) is 1.72. The average molecular weight is 345 g/mol. The van der Waals surface area contributed by atoms with Crippen molar-refractivity contribution >= 4 is 44.4 Å². The fourth-order valence-corrected chi connectivity index (χ4v) is 5.12. The molecule has 0 amide bonds. The molecule has 0 aromatic carbocycles. The molecule has 21 heavy (non-hydrogen) atoms. The Morgan fingerprint density at radius 3 is 2.67 bits per heavy atom. The molecule has 0 radical (unpaired) electrons. The first-order valence-electron chi connectivity index (χ1n) is 6.17. The first-order chi connectivity index (χ1) is 9.89. The maximum Gasteiger partial charge on any atom is 0.350 e. The van der Waals surface area contributed by atoms with Crippen molar-refractivity contribution in [2.75, 3.05) is 11.8 Å². The molecule has 114 valence electrons. The zero-order valence-electron chi connectivity index (χ0n) is 11.8. The largest absolute Gasteiger partial charge is 0.465 e. The van der Waals surface area contributed by atoms with Crippen LogP contribution < -0.4 is 4.72 Å². The highest BCUT2D eigenvalue weighted by atomic mass is 32.2. The number of hydrogen-bond donors (Lipinski definition) is 1. The van der Waals surface area contributed by atoms with E-state index in [1.165, 1.54) is 18.4 Å². The highest BCUT2D eigenvalue weighted by Crippen LogP contribution is 2.32. The Kier molecular flexibility index (Phi) is 4.70. The number of nitrogens with one attached hydrogen (secondary N) is 1. The SMILES string of the molecule is CCc1ccc(S(=O)(=O)Nc2c(C)csc2C(=O)OC)s1. The van der Waals surface area contributed by atoms with Gasteiger partial charge in [-0.15, -0.1) is 22.7 Å². The smallest absolute Gasteiger partial charge is 0.350 e. The summed E-state index contributed by atoms with van der Waals surface area (Å²) in [6.45, 7) is 3.71. The van der Waals surface area contributed by atoms with E-state index in [9.17, 15) is 13.2 Å². The second kappa shape index (κ2) is 6.17. The first-order valence-corrected chi connectivity index (χ1v) is 9.35. The summed E-state index contributed by atoms with van der Waals surface area (Å²) in [7, 11) is -2.43. The summed E-state index contributed by atoms with van der Waals surface area (Å²) >= 11 is 2.38. The van der Waals surface area contributed by atoms with E-state index in [1.54, 1.807) is 24.4 Å². The summed E-state index contributed by atoms with van der Waals surface area (Å²) < 4.78 is 32.2. The van der Waals surface area contributed by atoms with E-state index in [0.717, 1.165) is 22.6 Å². The minimum Gasteiger partial charge on any atom is -0.465 e. The number of anilines is 1. The fraction of sp³-hybridized carbons (Fsp3) is 0.308. The quantitative estimate of drug-likeness (QED) is 0.844. The van der Waals surface area contributed by atoms with Crippen LogP contribution in [0.3, 0.4) is 0 Å². The van der Waals surface area contributed by atoms with E-state index in [0.29, 0.717) is 11.3 Å². The fourth-order valence-electron chi connectivity index (χ4n) is 1.69. The summed E-state index contributed by atoms with van der Waals surface area (Å²) in [6, 6.07) is 3.37. The van der Waals surface area contributed by atoms with E-state index in [2.05, 4.69) is 9.46 Å². The highest BCUT2D eigenvalue weighted by Gasteiger charge is 2.23. The standard InChI is InChI=1S/C13H15NO4S3/c1-4-9-5-6-10(20-9)21(16,17)14-11-8(2)7-19-12(11)13(15)18-3/h5-7,14H,4H2,1-3H3. The van der Waals surface area contributed by atoms with Gasteiger partial charge in [-0.2, -0.15) is 0 Å². The Hall–Kier alpha value is -1.38. The molecule has 2 aromatic heterocycles. The van der Waals surface area contributed by atoms with Gasteiger partial charge in [0.1, 0.15) is 9.09 Å². The van der Waals surface area contributed by atoms with E-state index in [-0.39, 0.29) is 9.09 Å². The Labute approximate surface area is 131 Å². The molecule has 1 N–H and O–H groups in total. The van der Waals surface area contributed by atoms with E-state index >= 15 is 0 Å². The lowest BCUT2D eigenvalue weighted by Gasteiger charge is -2.08. The van der Waals surface area contributed by atoms with Gasteiger partial charge in [0.05, 0.1) is 12.8 Å². The molecule has 0 saturated carbocycles. The predicted molar refractivity (Wildman–Crippen MR) is 84.9 cm³/mol. The van der Waals surface area contributed by atoms with Crippen LogP contribution in [0.15, 0.2) is 21.7 Å². The van der Waals surface area contributed by atoms with Crippen molar-refractivity contribution in [2.24, 2.45) is 0 Å². The van der Waals surface area contributed by atoms with E-state index in [4.69, 9.17) is 0 Å². The van der Waals surface area contributed by atoms with Gasteiger partial charge in [0, 0.05) is 4.88 Å². The molecule has 5 nitrogen and oxygen atoms in total. The van der Waals surface area contributed by atoms with Gasteiger partial charge in [-0.25, -0.2) is 13.2 Å². The molecule has 0 aliphatic carbocycles. The van der Waals surface area contributed by atoms with Crippen molar-refractivity contribution in [3.05, 3.63) is 32.8 Å². The van der Waals surface area contributed by atoms with Crippen molar-refractivity contribution < 1.29 is 17.9 Å².